The number of amides is 1. The highest BCUT2D eigenvalue weighted by molar-refractivity contribution is 8.19. The van der Waals surface area contributed by atoms with Crippen molar-refractivity contribution in [1.82, 2.24) is 0 Å². The second kappa shape index (κ2) is 10.1. The molecule has 1 N–H and O–H groups in total. The Morgan fingerprint density at radius 3 is 2.39 bits per heavy atom. The highest BCUT2D eigenvalue weighted by atomic mass is 32.2. The molecule has 0 aliphatic carbocycles. The fourth-order valence-electron chi connectivity index (χ4n) is 3.20. The van der Waals surface area contributed by atoms with Crippen LogP contribution in [0.15, 0.2) is 88.8 Å². The minimum atomic E-state index is -1.11. The van der Waals surface area contributed by atoms with Crippen LogP contribution in [-0.4, -0.2) is 35.9 Å². The van der Waals surface area contributed by atoms with Gasteiger partial charge >= 0.3 is 5.97 Å². The van der Waals surface area contributed by atoms with E-state index in [4.69, 9.17) is 14.6 Å². The number of carbonyl (C=O) groups is 2. The number of thioether (sulfide) groups is 1. The van der Waals surface area contributed by atoms with Gasteiger partial charge in [0.25, 0.3) is 5.91 Å². The summed E-state index contributed by atoms with van der Waals surface area (Å²) < 4.78 is 10.8. The third kappa shape index (κ3) is 5.07. The van der Waals surface area contributed by atoms with Crippen molar-refractivity contribution in [3.63, 3.8) is 0 Å². The van der Waals surface area contributed by atoms with Crippen molar-refractivity contribution in [3.8, 4) is 11.5 Å². The van der Waals surface area contributed by atoms with E-state index in [1.807, 2.05) is 60.7 Å². The molecule has 1 aliphatic heterocycles. The Morgan fingerprint density at radius 1 is 1.03 bits per heavy atom. The topological polar surface area (TPSA) is 88.4 Å². The van der Waals surface area contributed by atoms with E-state index in [9.17, 15) is 9.59 Å². The molecule has 1 aliphatic rings. The Balaban J connectivity index is 1.77. The molecule has 1 amide bonds. The van der Waals surface area contributed by atoms with Gasteiger partial charge in [-0.25, -0.2) is 9.79 Å². The van der Waals surface area contributed by atoms with Gasteiger partial charge in [0.2, 0.25) is 0 Å². The monoisotopic (exact) mass is 460 g/mol. The zero-order valence-corrected chi connectivity index (χ0v) is 18.5. The first-order valence-electron chi connectivity index (χ1n) is 10.0. The molecule has 7 nitrogen and oxygen atoms in total. The van der Waals surface area contributed by atoms with Crippen LogP contribution < -0.4 is 14.4 Å². The number of carboxylic acid groups (broad SMARTS) is 1. The van der Waals surface area contributed by atoms with Crippen molar-refractivity contribution in [2.75, 3.05) is 18.6 Å². The van der Waals surface area contributed by atoms with E-state index in [1.165, 1.54) is 18.9 Å². The van der Waals surface area contributed by atoms with Gasteiger partial charge in [-0.05, 0) is 48.2 Å². The number of rotatable bonds is 7. The van der Waals surface area contributed by atoms with E-state index in [-0.39, 0.29) is 11.7 Å². The molecular weight excluding hydrogens is 440 g/mol. The van der Waals surface area contributed by atoms with Crippen LogP contribution in [0.3, 0.4) is 0 Å². The molecule has 0 aromatic heterocycles. The summed E-state index contributed by atoms with van der Waals surface area (Å²) >= 11 is 1.23. The summed E-state index contributed by atoms with van der Waals surface area (Å²) in [5.74, 6) is -0.728. The fourth-order valence-corrected chi connectivity index (χ4v) is 4.20. The number of carboxylic acids is 1. The molecule has 0 bridgehead atoms. The van der Waals surface area contributed by atoms with Gasteiger partial charge in [-0.3, -0.25) is 9.69 Å². The average molecular weight is 461 g/mol. The molecule has 8 heteroatoms. The van der Waals surface area contributed by atoms with Gasteiger partial charge in [0.15, 0.2) is 23.3 Å². The number of nitrogens with zero attached hydrogens (tertiary/aromatic N) is 2. The molecule has 1 saturated heterocycles. The van der Waals surface area contributed by atoms with E-state index in [0.717, 1.165) is 5.69 Å². The maximum absolute atomic E-state index is 13.4. The van der Waals surface area contributed by atoms with Gasteiger partial charge in [0, 0.05) is 5.56 Å². The Morgan fingerprint density at radius 2 is 1.73 bits per heavy atom. The molecule has 1 fully saturated rings. The molecule has 0 saturated carbocycles. The number of amidine groups is 1. The summed E-state index contributed by atoms with van der Waals surface area (Å²) in [5.41, 5.74) is 1.95. The van der Waals surface area contributed by atoms with Gasteiger partial charge in [0.1, 0.15) is 0 Å². The number of para-hydroxylation sites is 3. The lowest BCUT2D eigenvalue weighted by atomic mass is 10.1. The van der Waals surface area contributed by atoms with Crippen LogP contribution in [0, 0.1) is 0 Å². The predicted octanol–water partition coefficient (Wildman–Crippen LogP) is 4.97. The van der Waals surface area contributed by atoms with E-state index < -0.39 is 12.6 Å². The number of hydrogen-bond acceptors (Lipinski definition) is 6. The van der Waals surface area contributed by atoms with E-state index in [0.29, 0.717) is 27.1 Å². The number of carbonyl (C=O) groups excluding carboxylic acids is 1. The standard InChI is InChI=1S/C25H20N2O5S/c1-31-20-14-8-9-17(23(20)32-16-22(28)29)15-21-24(30)27(19-12-6-3-7-13-19)25(33-21)26-18-10-4-2-5-11-18/h2-15H,16H2,1H3,(H,28,29)/b21-15+,26-25?. The SMILES string of the molecule is COc1cccc(/C=C2/SC(=Nc3ccccc3)N(c3ccccc3)C2=O)c1OCC(=O)O. The zero-order valence-electron chi connectivity index (χ0n) is 17.7. The zero-order chi connectivity index (χ0) is 23.2. The third-order valence-electron chi connectivity index (χ3n) is 4.66. The van der Waals surface area contributed by atoms with Crippen LogP contribution in [-0.2, 0) is 9.59 Å². The van der Waals surface area contributed by atoms with Crippen molar-refractivity contribution in [1.29, 1.82) is 0 Å². The largest absolute Gasteiger partial charge is 0.493 e. The van der Waals surface area contributed by atoms with Crippen LogP contribution in [0.4, 0.5) is 11.4 Å². The summed E-state index contributed by atoms with van der Waals surface area (Å²) in [6.45, 7) is -0.533. The second-order valence-electron chi connectivity index (χ2n) is 6.88. The Labute approximate surface area is 195 Å². The summed E-state index contributed by atoms with van der Waals surface area (Å²) in [4.78, 5) is 31.1. The van der Waals surface area contributed by atoms with Crippen LogP contribution in [0.5, 0.6) is 11.5 Å². The molecule has 0 atom stereocenters. The van der Waals surface area contributed by atoms with E-state index in [1.54, 1.807) is 29.2 Å². The molecule has 3 aromatic carbocycles. The number of hydrogen-bond donors (Lipinski definition) is 1. The van der Waals surface area contributed by atoms with Gasteiger partial charge in [0.05, 0.1) is 23.4 Å². The van der Waals surface area contributed by atoms with Crippen LogP contribution in [0.25, 0.3) is 6.08 Å². The quantitative estimate of drug-likeness (QED) is 0.501. The number of benzene rings is 3. The molecule has 3 aromatic rings. The van der Waals surface area contributed by atoms with Crippen molar-refractivity contribution in [2.24, 2.45) is 4.99 Å². The van der Waals surface area contributed by atoms with Gasteiger partial charge < -0.3 is 14.6 Å². The van der Waals surface area contributed by atoms with Crippen molar-refractivity contribution in [2.45, 2.75) is 0 Å². The van der Waals surface area contributed by atoms with Crippen molar-refractivity contribution in [3.05, 3.63) is 89.3 Å². The minimum Gasteiger partial charge on any atom is -0.493 e. The molecular formula is C25H20N2O5S. The van der Waals surface area contributed by atoms with Crippen LogP contribution in [0.2, 0.25) is 0 Å². The molecule has 1 heterocycles. The van der Waals surface area contributed by atoms with E-state index in [2.05, 4.69) is 4.99 Å². The fraction of sp³-hybridized carbons (Fsp3) is 0.0800. The van der Waals surface area contributed by atoms with Crippen molar-refractivity contribution < 1.29 is 24.2 Å². The molecule has 0 spiro atoms. The predicted molar refractivity (Wildman–Crippen MR) is 129 cm³/mol. The maximum atomic E-state index is 13.4. The summed E-state index contributed by atoms with van der Waals surface area (Å²) in [5, 5.41) is 9.54. The normalized spacial score (nSPS) is 15.8. The molecule has 4 rings (SSSR count). The minimum absolute atomic E-state index is 0.243. The number of ether oxygens (including phenoxy) is 2. The molecule has 0 radical (unpaired) electrons. The molecule has 166 valence electrons. The Kier molecular flexibility index (Phi) is 6.75. The van der Waals surface area contributed by atoms with Gasteiger partial charge in [-0.2, -0.15) is 0 Å². The lowest BCUT2D eigenvalue weighted by Gasteiger charge is -2.15. The van der Waals surface area contributed by atoms with Gasteiger partial charge in [-0.15, -0.1) is 0 Å². The lowest BCUT2D eigenvalue weighted by molar-refractivity contribution is -0.139. The lowest BCUT2D eigenvalue weighted by Crippen LogP contribution is -2.28. The first-order chi connectivity index (χ1) is 16.1. The average Bonchev–Trinajstić information content (AvgIpc) is 3.13. The third-order valence-corrected chi connectivity index (χ3v) is 5.63. The summed E-state index contributed by atoms with van der Waals surface area (Å²) in [6, 6.07) is 23.8. The smallest absolute Gasteiger partial charge is 0.341 e. The van der Waals surface area contributed by atoms with Crippen LogP contribution >= 0.6 is 11.8 Å². The van der Waals surface area contributed by atoms with E-state index >= 15 is 0 Å². The number of aliphatic imine (C=N–C) groups is 1. The first kappa shape index (κ1) is 22.2. The maximum Gasteiger partial charge on any atom is 0.341 e. The Bertz CT molecular complexity index is 1230. The first-order valence-corrected chi connectivity index (χ1v) is 10.8. The van der Waals surface area contributed by atoms with Gasteiger partial charge in [-0.1, -0.05) is 48.5 Å². The summed E-state index contributed by atoms with van der Waals surface area (Å²) in [6.07, 6.45) is 1.66. The molecule has 0 unspecified atom stereocenters. The number of anilines is 1. The van der Waals surface area contributed by atoms with Crippen molar-refractivity contribution >= 4 is 46.3 Å². The second-order valence-corrected chi connectivity index (χ2v) is 7.89. The highest BCUT2D eigenvalue weighted by Crippen LogP contribution is 2.40. The number of methoxy groups -OCH3 is 1. The Hall–Kier alpha value is -4.04. The summed E-state index contributed by atoms with van der Waals surface area (Å²) in [7, 11) is 1.47. The van der Waals surface area contributed by atoms with Crippen LogP contribution in [0.1, 0.15) is 5.56 Å². The molecule has 33 heavy (non-hydrogen) atoms. The number of aliphatic carboxylic acids is 1. The highest BCUT2D eigenvalue weighted by Gasteiger charge is 2.35.